The molecule has 31 heavy (non-hydrogen) atoms. The quantitative estimate of drug-likeness (QED) is 0.692. The van der Waals surface area contributed by atoms with Crippen LogP contribution in [0.1, 0.15) is 53.2 Å². The van der Waals surface area contributed by atoms with Gasteiger partial charge in [-0.3, -0.25) is 4.79 Å². The summed E-state index contributed by atoms with van der Waals surface area (Å²) in [7, 11) is -3.78. The van der Waals surface area contributed by atoms with Gasteiger partial charge in [0.05, 0.1) is 4.90 Å². The molecule has 1 heterocycles. The Morgan fingerprint density at radius 3 is 2.65 bits per heavy atom. The van der Waals surface area contributed by atoms with Crippen molar-refractivity contribution in [3.63, 3.8) is 0 Å². The Balaban J connectivity index is 1.53. The highest BCUT2D eigenvalue weighted by Gasteiger charge is 2.22. The molecule has 0 unspecified atom stereocenters. The highest BCUT2D eigenvalue weighted by Crippen LogP contribution is 2.27. The topological polar surface area (TPSA) is 87.6 Å². The summed E-state index contributed by atoms with van der Waals surface area (Å²) in [6, 6.07) is 10.6. The number of aryl methyl sites for hydroxylation is 2. The Morgan fingerprint density at radius 2 is 1.90 bits per heavy atom. The zero-order chi connectivity index (χ0) is 22.0. The van der Waals surface area contributed by atoms with E-state index in [1.54, 1.807) is 26.0 Å². The van der Waals surface area contributed by atoms with Crippen molar-refractivity contribution in [2.24, 2.45) is 10.3 Å². The van der Waals surface area contributed by atoms with Crippen molar-refractivity contribution in [3.8, 4) is 0 Å². The maximum atomic E-state index is 12.9. The molecule has 2 N–H and O–H groups in total. The minimum Gasteiger partial charge on any atom is -0.322 e. The van der Waals surface area contributed by atoms with Gasteiger partial charge in [-0.2, -0.15) is 12.8 Å². The number of anilines is 1. The molecular formula is C24H29N3O3S. The average Bonchev–Trinajstić information content (AvgIpc) is 3.24. The minimum absolute atomic E-state index is 0.150. The fourth-order valence-corrected chi connectivity index (χ4v) is 5.71. The first-order valence-electron chi connectivity index (χ1n) is 10.9. The van der Waals surface area contributed by atoms with Crippen LogP contribution in [0.3, 0.4) is 0 Å². The molecule has 164 valence electrons. The average molecular weight is 440 g/mol. The highest BCUT2D eigenvalue weighted by atomic mass is 32.2. The molecule has 2 aromatic rings. The predicted molar refractivity (Wildman–Crippen MR) is 123 cm³/mol. The molecule has 2 aromatic carbocycles. The predicted octanol–water partition coefficient (Wildman–Crippen LogP) is 3.89. The first kappa shape index (κ1) is 21.7. The molecule has 0 bridgehead atoms. The fraction of sp³-hybridized carbons (Fsp3) is 0.417. The van der Waals surface area contributed by atoms with Crippen LogP contribution >= 0.6 is 0 Å². The third kappa shape index (κ3) is 4.72. The molecule has 6 nitrogen and oxygen atoms in total. The van der Waals surface area contributed by atoms with E-state index >= 15 is 0 Å². The third-order valence-electron chi connectivity index (χ3n) is 6.33. The molecule has 0 radical (unpaired) electrons. The minimum atomic E-state index is -3.78. The van der Waals surface area contributed by atoms with E-state index in [9.17, 15) is 13.2 Å². The van der Waals surface area contributed by atoms with Crippen LogP contribution < -0.4 is 10.6 Å². The van der Waals surface area contributed by atoms with Gasteiger partial charge in [0.25, 0.3) is 15.9 Å². The molecule has 0 spiro atoms. The number of rotatable bonds is 5. The van der Waals surface area contributed by atoms with Crippen LogP contribution in [0, 0.1) is 12.8 Å². The van der Waals surface area contributed by atoms with Crippen LogP contribution in [-0.4, -0.2) is 33.1 Å². The van der Waals surface area contributed by atoms with E-state index in [-0.39, 0.29) is 16.7 Å². The summed E-state index contributed by atoms with van der Waals surface area (Å²) in [6.07, 6.45) is 4.81. The molecule has 1 saturated heterocycles. The number of nitrogens with one attached hydrogen (secondary N) is 2. The Labute approximate surface area is 184 Å². The number of hydrogen-bond donors (Lipinski definition) is 2. The van der Waals surface area contributed by atoms with Crippen LogP contribution in [0.4, 0.5) is 5.69 Å². The van der Waals surface area contributed by atoms with Crippen LogP contribution in [0.25, 0.3) is 0 Å². The van der Waals surface area contributed by atoms with Crippen molar-refractivity contribution in [2.45, 2.75) is 50.8 Å². The molecule has 1 aliphatic heterocycles. The normalized spacial score (nSPS) is 17.4. The van der Waals surface area contributed by atoms with Crippen molar-refractivity contribution in [3.05, 3.63) is 58.7 Å². The lowest BCUT2D eigenvalue weighted by molar-refractivity contribution is 0.102. The number of benzene rings is 2. The molecule has 7 heteroatoms. The second-order valence-corrected chi connectivity index (χ2v) is 10.1. The number of fused-ring (bicyclic) bond motifs is 1. The Kier molecular flexibility index (Phi) is 6.25. The van der Waals surface area contributed by atoms with E-state index in [4.69, 9.17) is 0 Å². The number of carbonyl (C=O) groups is 1. The maximum absolute atomic E-state index is 12.9. The van der Waals surface area contributed by atoms with Crippen molar-refractivity contribution in [1.82, 2.24) is 5.32 Å². The van der Waals surface area contributed by atoms with Crippen LogP contribution in [0.2, 0.25) is 0 Å². The molecule has 1 amide bonds. The van der Waals surface area contributed by atoms with E-state index in [0.717, 1.165) is 50.8 Å². The molecule has 0 atom stereocenters. The fourth-order valence-electron chi connectivity index (χ4n) is 4.52. The van der Waals surface area contributed by atoms with Gasteiger partial charge in [-0.1, -0.05) is 12.1 Å². The van der Waals surface area contributed by atoms with Crippen molar-refractivity contribution in [2.75, 3.05) is 18.4 Å². The molecule has 2 aliphatic rings. The summed E-state index contributed by atoms with van der Waals surface area (Å²) in [6.45, 7) is 5.37. The van der Waals surface area contributed by atoms with E-state index in [1.165, 1.54) is 11.6 Å². The van der Waals surface area contributed by atoms with Crippen molar-refractivity contribution in [1.29, 1.82) is 0 Å². The van der Waals surface area contributed by atoms with Gasteiger partial charge in [-0.15, -0.1) is 0 Å². The summed E-state index contributed by atoms with van der Waals surface area (Å²) in [4.78, 5) is 13.0. The summed E-state index contributed by atoms with van der Waals surface area (Å²) in [5, 5.41) is 6.23. The highest BCUT2D eigenvalue weighted by molar-refractivity contribution is 7.90. The van der Waals surface area contributed by atoms with Gasteiger partial charge >= 0.3 is 0 Å². The number of sulfonamides is 1. The van der Waals surface area contributed by atoms with E-state index < -0.39 is 10.0 Å². The lowest BCUT2D eigenvalue weighted by Crippen LogP contribution is -2.31. The molecule has 0 saturated carbocycles. The van der Waals surface area contributed by atoms with Crippen LogP contribution in [-0.2, 0) is 22.9 Å². The summed E-state index contributed by atoms with van der Waals surface area (Å²) in [5.74, 6) is 0.0421. The van der Waals surface area contributed by atoms with Crippen LogP contribution in [0.5, 0.6) is 0 Å². The number of nitrogens with zero attached hydrogens (tertiary/aromatic N) is 1. The van der Waals surface area contributed by atoms with Gasteiger partial charge in [0.1, 0.15) is 0 Å². The summed E-state index contributed by atoms with van der Waals surface area (Å²) >= 11 is 0. The monoisotopic (exact) mass is 439 g/mol. The van der Waals surface area contributed by atoms with E-state index in [2.05, 4.69) is 21.1 Å². The van der Waals surface area contributed by atoms with Gasteiger partial charge in [-0.25, -0.2) is 0 Å². The Hall–Kier alpha value is -2.51. The van der Waals surface area contributed by atoms with Gasteiger partial charge in [0.2, 0.25) is 0 Å². The standard InChI is InChI=1S/C24H29N3O3S/c1-16-15-20(31(29,30)27-17(2)18-11-13-25-14-12-18)9-10-23(16)26-24(28)22-8-4-6-19-5-3-7-21(19)22/h4,6,8-10,15,18,25H,3,5,7,11-14H2,1-2H3,(H,26,28)/b27-17-. The largest absolute Gasteiger partial charge is 0.322 e. The van der Waals surface area contributed by atoms with Gasteiger partial charge in [0.15, 0.2) is 0 Å². The molecule has 0 aromatic heterocycles. The lowest BCUT2D eigenvalue weighted by atomic mass is 9.94. The third-order valence-corrected chi connectivity index (χ3v) is 7.71. The number of piperidine rings is 1. The van der Waals surface area contributed by atoms with E-state index in [0.29, 0.717) is 22.5 Å². The Bertz CT molecular complexity index is 1130. The summed E-state index contributed by atoms with van der Waals surface area (Å²) in [5.41, 5.74) is 5.03. The number of carbonyl (C=O) groups excluding carboxylic acids is 1. The van der Waals surface area contributed by atoms with Gasteiger partial charge in [-0.05, 0) is 100.0 Å². The first-order chi connectivity index (χ1) is 14.8. The van der Waals surface area contributed by atoms with Crippen molar-refractivity contribution < 1.29 is 13.2 Å². The van der Waals surface area contributed by atoms with Crippen LogP contribution in [0.15, 0.2) is 45.7 Å². The van der Waals surface area contributed by atoms with Crippen molar-refractivity contribution >= 4 is 27.3 Å². The van der Waals surface area contributed by atoms with Gasteiger partial charge in [0, 0.05) is 22.9 Å². The first-order valence-corrected chi connectivity index (χ1v) is 12.3. The smallest absolute Gasteiger partial charge is 0.282 e. The number of hydrogen-bond acceptors (Lipinski definition) is 4. The molecular weight excluding hydrogens is 410 g/mol. The second-order valence-electron chi connectivity index (χ2n) is 8.46. The Morgan fingerprint density at radius 1 is 1.13 bits per heavy atom. The number of amides is 1. The summed E-state index contributed by atoms with van der Waals surface area (Å²) < 4.78 is 29.8. The SMILES string of the molecule is C/C(=N/S(=O)(=O)c1ccc(NC(=O)c2cccc3c2CCC3)c(C)c1)C1CCNCC1. The second kappa shape index (κ2) is 8.93. The van der Waals surface area contributed by atoms with Gasteiger partial charge < -0.3 is 10.6 Å². The zero-order valence-corrected chi connectivity index (χ0v) is 18.9. The zero-order valence-electron chi connectivity index (χ0n) is 18.1. The molecule has 1 fully saturated rings. The van der Waals surface area contributed by atoms with E-state index in [1.807, 2.05) is 12.1 Å². The molecule has 1 aliphatic carbocycles. The molecule has 4 rings (SSSR count). The lowest BCUT2D eigenvalue weighted by Gasteiger charge is -2.22. The maximum Gasteiger partial charge on any atom is 0.282 e.